The van der Waals surface area contributed by atoms with Gasteiger partial charge in [-0.3, -0.25) is 0 Å². The van der Waals surface area contributed by atoms with Crippen molar-refractivity contribution < 1.29 is 0 Å². The summed E-state index contributed by atoms with van der Waals surface area (Å²) in [6, 6.07) is 9.73. The molecule has 1 fully saturated rings. The molecule has 3 N–H and O–H groups in total. The molecule has 0 saturated heterocycles. The van der Waals surface area contributed by atoms with Crippen molar-refractivity contribution in [1.82, 2.24) is 5.32 Å². The number of nitrogens with two attached hydrogens (primary N) is 1. The fourth-order valence-corrected chi connectivity index (χ4v) is 2.38. The number of anilines is 1. The molecular weight excluding hydrogens is 210 g/mol. The maximum Gasteiger partial charge on any atom is 0.0361 e. The fourth-order valence-electron chi connectivity index (χ4n) is 2.38. The molecule has 1 aromatic rings. The van der Waals surface area contributed by atoms with Crippen LogP contribution in [0.15, 0.2) is 24.3 Å². The third kappa shape index (κ3) is 3.45. The highest BCUT2D eigenvalue weighted by Gasteiger charge is 2.20. The van der Waals surface area contributed by atoms with Crippen LogP contribution in [0.25, 0.3) is 0 Å². The number of benzene rings is 1. The first kappa shape index (κ1) is 12.4. The Hall–Kier alpha value is -1.06. The van der Waals surface area contributed by atoms with Gasteiger partial charge in [-0.2, -0.15) is 0 Å². The van der Waals surface area contributed by atoms with Gasteiger partial charge in [0.2, 0.25) is 0 Å². The number of hydrogen-bond donors (Lipinski definition) is 2. The molecule has 0 heterocycles. The van der Waals surface area contributed by atoms with E-state index in [1.54, 1.807) is 0 Å². The maximum atomic E-state index is 5.90. The van der Waals surface area contributed by atoms with E-state index in [0.29, 0.717) is 12.1 Å². The predicted molar refractivity (Wildman–Crippen MR) is 73.2 cm³/mol. The summed E-state index contributed by atoms with van der Waals surface area (Å²) >= 11 is 0. The third-order valence-corrected chi connectivity index (χ3v) is 3.52. The lowest BCUT2D eigenvalue weighted by atomic mass is 10.1. The molecule has 3 nitrogen and oxygen atoms in total. The van der Waals surface area contributed by atoms with Gasteiger partial charge in [0.25, 0.3) is 0 Å². The largest absolute Gasteiger partial charge is 0.378 e. The van der Waals surface area contributed by atoms with E-state index in [4.69, 9.17) is 5.73 Å². The highest BCUT2D eigenvalue weighted by Crippen LogP contribution is 2.18. The van der Waals surface area contributed by atoms with E-state index in [9.17, 15) is 0 Å². The third-order valence-electron chi connectivity index (χ3n) is 3.52. The highest BCUT2D eigenvalue weighted by molar-refractivity contribution is 5.45. The summed E-state index contributed by atoms with van der Waals surface area (Å²) in [5, 5.41) is 3.58. The molecular formula is C14H23N3. The van der Waals surface area contributed by atoms with Crippen molar-refractivity contribution in [3.05, 3.63) is 29.8 Å². The van der Waals surface area contributed by atoms with Crippen LogP contribution in [0, 0.1) is 0 Å². The minimum Gasteiger partial charge on any atom is -0.378 e. The Kier molecular flexibility index (Phi) is 4.02. The molecule has 1 aliphatic carbocycles. The van der Waals surface area contributed by atoms with Crippen molar-refractivity contribution in [3.63, 3.8) is 0 Å². The SMILES string of the molecule is CN(C)c1ccc(CNC2CCC(N)C2)cc1. The summed E-state index contributed by atoms with van der Waals surface area (Å²) in [7, 11) is 4.13. The molecule has 17 heavy (non-hydrogen) atoms. The second-order valence-corrected chi connectivity index (χ2v) is 5.21. The van der Waals surface area contributed by atoms with Crippen molar-refractivity contribution in [3.8, 4) is 0 Å². The molecule has 0 aliphatic heterocycles. The molecule has 2 atom stereocenters. The molecule has 0 aromatic heterocycles. The van der Waals surface area contributed by atoms with Gasteiger partial charge < -0.3 is 16.0 Å². The zero-order valence-corrected chi connectivity index (χ0v) is 10.8. The van der Waals surface area contributed by atoms with Gasteiger partial charge in [-0.15, -0.1) is 0 Å². The lowest BCUT2D eigenvalue weighted by molar-refractivity contribution is 0.517. The predicted octanol–water partition coefficient (Wildman–Crippen LogP) is 1.72. The summed E-state index contributed by atoms with van der Waals surface area (Å²) in [6.45, 7) is 0.949. The number of nitrogens with one attached hydrogen (secondary N) is 1. The molecule has 2 rings (SSSR count). The molecule has 0 radical (unpaired) electrons. The van der Waals surface area contributed by atoms with Crippen LogP contribution in [0.4, 0.5) is 5.69 Å². The van der Waals surface area contributed by atoms with Gasteiger partial charge in [0.15, 0.2) is 0 Å². The van der Waals surface area contributed by atoms with Crippen LogP contribution in [0.2, 0.25) is 0 Å². The van der Waals surface area contributed by atoms with Gasteiger partial charge in [0.1, 0.15) is 0 Å². The standard InChI is InChI=1S/C14H23N3/c1-17(2)14-7-3-11(4-8-14)10-16-13-6-5-12(15)9-13/h3-4,7-8,12-13,16H,5-6,9-10,15H2,1-2H3. The topological polar surface area (TPSA) is 41.3 Å². The monoisotopic (exact) mass is 233 g/mol. The van der Waals surface area contributed by atoms with E-state index in [1.165, 1.54) is 17.7 Å². The van der Waals surface area contributed by atoms with Gasteiger partial charge in [0.05, 0.1) is 0 Å². The van der Waals surface area contributed by atoms with E-state index < -0.39 is 0 Å². The lowest BCUT2D eigenvalue weighted by Crippen LogP contribution is -2.27. The summed E-state index contributed by atoms with van der Waals surface area (Å²) in [5.41, 5.74) is 8.49. The second kappa shape index (κ2) is 5.52. The molecule has 2 unspecified atom stereocenters. The van der Waals surface area contributed by atoms with Crippen molar-refractivity contribution in [2.24, 2.45) is 5.73 Å². The van der Waals surface area contributed by atoms with Crippen LogP contribution in [-0.2, 0) is 6.54 Å². The summed E-state index contributed by atoms with van der Waals surface area (Å²) in [6.07, 6.45) is 3.50. The van der Waals surface area contributed by atoms with Gasteiger partial charge in [-0.25, -0.2) is 0 Å². The van der Waals surface area contributed by atoms with Crippen LogP contribution in [0.1, 0.15) is 24.8 Å². The van der Waals surface area contributed by atoms with Crippen molar-refractivity contribution in [2.45, 2.75) is 37.9 Å². The van der Waals surface area contributed by atoms with Crippen LogP contribution < -0.4 is 16.0 Å². The summed E-state index contributed by atoms with van der Waals surface area (Å²) in [5.74, 6) is 0. The van der Waals surface area contributed by atoms with E-state index in [-0.39, 0.29) is 0 Å². The highest BCUT2D eigenvalue weighted by atomic mass is 15.1. The van der Waals surface area contributed by atoms with Gasteiger partial charge in [-0.1, -0.05) is 12.1 Å². The zero-order chi connectivity index (χ0) is 12.3. The summed E-state index contributed by atoms with van der Waals surface area (Å²) < 4.78 is 0. The Bertz CT molecular complexity index is 345. The molecule has 94 valence electrons. The zero-order valence-electron chi connectivity index (χ0n) is 10.8. The number of hydrogen-bond acceptors (Lipinski definition) is 3. The van der Waals surface area contributed by atoms with Crippen LogP contribution in [-0.4, -0.2) is 26.2 Å². The van der Waals surface area contributed by atoms with E-state index >= 15 is 0 Å². The van der Waals surface area contributed by atoms with Crippen molar-refractivity contribution in [2.75, 3.05) is 19.0 Å². The normalized spacial score (nSPS) is 23.9. The number of nitrogens with zero attached hydrogens (tertiary/aromatic N) is 1. The van der Waals surface area contributed by atoms with Crippen molar-refractivity contribution in [1.29, 1.82) is 0 Å². The van der Waals surface area contributed by atoms with Crippen molar-refractivity contribution >= 4 is 5.69 Å². The van der Waals surface area contributed by atoms with Gasteiger partial charge >= 0.3 is 0 Å². The average molecular weight is 233 g/mol. The molecule has 1 aliphatic rings. The minimum atomic E-state index is 0.406. The van der Waals surface area contributed by atoms with Crippen LogP contribution in [0.3, 0.4) is 0 Å². The Balaban J connectivity index is 1.83. The lowest BCUT2D eigenvalue weighted by Gasteiger charge is -2.15. The molecule has 1 aromatic carbocycles. The first-order chi connectivity index (χ1) is 8.15. The van der Waals surface area contributed by atoms with Gasteiger partial charge in [-0.05, 0) is 37.0 Å². The fraction of sp³-hybridized carbons (Fsp3) is 0.571. The molecule has 0 spiro atoms. The van der Waals surface area contributed by atoms with E-state index in [0.717, 1.165) is 19.4 Å². The second-order valence-electron chi connectivity index (χ2n) is 5.21. The smallest absolute Gasteiger partial charge is 0.0361 e. The Morgan fingerprint density at radius 1 is 1.24 bits per heavy atom. The first-order valence-corrected chi connectivity index (χ1v) is 6.40. The van der Waals surface area contributed by atoms with E-state index in [2.05, 4.69) is 48.6 Å². The van der Waals surface area contributed by atoms with Crippen LogP contribution >= 0.6 is 0 Å². The Labute approximate surface area is 104 Å². The molecule has 0 bridgehead atoms. The van der Waals surface area contributed by atoms with E-state index in [1.807, 2.05) is 0 Å². The minimum absolute atomic E-state index is 0.406. The Morgan fingerprint density at radius 2 is 1.94 bits per heavy atom. The maximum absolute atomic E-state index is 5.90. The van der Waals surface area contributed by atoms with Crippen LogP contribution in [0.5, 0.6) is 0 Å². The number of rotatable bonds is 4. The molecule has 0 amide bonds. The summed E-state index contributed by atoms with van der Waals surface area (Å²) in [4.78, 5) is 2.12. The Morgan fingerprint density at radius 3 is 2.47 bits per heavy atom. The average Bonchev–Trinajstić information content (AvgIpc) is 2.73. The first-order valence-electron chi connectivity index (χ1n) is 6.40. The quantitative estimate of drug-likeness (QED) is 0.832. The van der Waals surface area contributed by atoms with Gasteiger partial charge in [0, 0.05) is 38.4 Å². The molecule has 1 saturated carbocycles. The molecule has 3 heteroatoms.